The molecule has 0 N–H and O–H groups in total. The number of hydrogen-bond acceptors (Lipinski definition) is 5. The molecule has 3 aromatic rings. The van der Waals surface area contributed by atoms with E-state index in [0.717, 1.165) is 37.3 Å². The van der Waals surface area contributed by atoms with Gasteiger partial charge in [-0.05, 0) is 17.7 Å². The van der Waals surface area contributed by atoms with Crippen molar-refractivity contribution in [3.63, 3.8) is 0 Å². The Balaban J connectivity index is 1.28. The molecule has 1 saturated heterocycles. The van der Waals surface area contributed by atoms with Crippen molar-refractivity contribution in [1.29, 1.82) is 0 Å². The molecule has 6 nitrogen and oxygen atoms in total. The zero-order valence-corrected chi connectivity index (χ0v) is 15.1. The van der Waals surface area contributed by atoms with E-state index < -0.39 is 0 Å². The van der Waals surface area contributed by atoms with E-state index in [4.69, 9.17) is 4.42 Å². The SMILES string of the molecule is O=C(Cc1ccccc1)N1CCN(Cc2nnc(-c3ccccc3)o2)CC1. The molecule has 2 aromatic carbocycles. The van der Waals surface area contributed by atoms with Crippen molar-refractivity contribution in [2.75, 3.05) is 26.2 Å². The molecule has 1 fully saturated rings. The van der Waals surface area contributed by atoms with Crippen LogP contribution in [0.5, 0.6) is 0 Å². The lowest BCUT2D eigenvalue weighted by atomic mass is 10.1. The van der Waals surface area contributed by atoms with E-state index >= 15 is 0 Å². The van der Waals surface area contributed by atoms with Crippen molar-refractivity contribution in [2.24, 2.45) is 0 Å². The molecule has 2 heterocycles. The third kappa shape index (κ3) is 4.41. The maximum atomic E-state index is 12.5. The number of carbonyl (C=O) groups is 1. The van der Waals surface area contributed by atoms with Gasteiger partial charge >= 0.3 is 0 Å². The number of carbonyl (C=O) groups excluding carboxylic acids is 1. The van der Waals surface area contributed by atoms with Gasteiger partial charge in [-0.15, -0.1) is 10.2 Å². The van der Waals surface area contributed by atoms with Gasteiger partial charge in [0.05, 0.1) is 13.0 Å². The Hall–Kier alpha value is -2.99. The van der Waals surface area contributed by atoms with E-state index in [1.54, 1.807) is 0 Å². The smallest absolute Gasteiger partial charge is 0.247 e. The molecule has 1 amide bonds. The molecule has 1 aromatic heterocycles. The molecule has 138 valence electrons. The highest BCUT2D eigenvalue weighted by molar-refractivity contribution is 5.78. The second kappa shape index (κ2) is 8.14. The monoisotopic (exact) mass is 362 g/mol. The molecule has 6 heteroatoms. The summed E-state index contributed by atoms with van der Waals surface area (Å²) >= 11 is 0. The van der Waals surface area contributed by atoms with Gasteiger partial charge in [-0.3, -0.25) is 9.69 Å². The minimum atomic E-state index is 0.185. The van der Waals surface area contributed by atoms with Crippen molar-refractivity contribution in [1.82, 2.24) is 20.0 Å². The van der Waals surface area contributed by atoms with Gasteiger partial charge < -0.3 is 9.32 Å². The predicted octanol–water partition coefficient (Wildman–Crippen LogP) is 2.62. The maximum absolute atomic E-state index is 12.5. The van der Waals surface area contributed by atoms with Gasteiger partial charge in [0.2, 0.25) is 17.7 Å². The molecule has 27 heavy (non-hydrogen) atoms. The lowest BCUT2D eigenvalue weighted by Crippen LogP contribution is -2.48. The molecule has 1 aliphatic rings. The Morgan fingerprint density at radius 2 is 1.56 bits per heavy atom. The minimum absolute atomic E-state index is 0.185. The van der Waals surface area contributed by atoms with Crippen LogP contribution in [0.3, 0.4) is 0 Å². The normalized spacial score (nSPS) is 15.0. The number of piperazine rings is 1. The van der Waals surface area contributed by atoms with E-state index in [0.29, 0.717) is 24.7 Å². The molecule has 0 unspecified atom stereocenters. The van der Waals surface area contributed by atoms with E-state index in [-0.39, 0.29) is 5.91 Å². The second-order valence-electron chi connectivity index (χ2n) is 6.69. The molecule has 0 saturated carbocycles. The number of amides is 1. The molecule has 0 radical (unpaired) electrons. The largest absolute Gasteiger partial charge is 0.419 e. The standard InChI is InChI=1S/C21H22N4O2/c26-20(15-17-7-3-1-4-8-17)25-13-11-24(12-14-25)16-19-22-23-21(27-19)18-9-5-2-6-10-18/h1-10H,11-16H2. The molecule has 0 atom stereocenters. The molecule has 0 spiro atoms. The van der Waals surface area contributed by atoms with E-state index in [9.17, 15) is 4.79 Å². The zero-order valence-electron chi connectivity index (χ0n) is 15.1. The van der Waals surface area contributed by atoms with Crippen LogP contribution in [0, 0.1) is 0 Å². The minimum Gasteiger partial charge on any atom is -0.419 e. The predicted molar refractivity (Wildman–Crippen MR) is 102 cm³/mol. The Bertz CT molecular complexity index is 871. The third-order valence-electron chi connectivity index (χ3n) is 4.77. The lowest BCUT2D eigenvalue weighted by molar-refractivity contribution is -0.132. The zero-order chi connectivity index (χ0) is 18.5. The summed E-state index contributed by atoms with van der Waals surface area (Å²) in [6, 6.07) is 19.6. The summed E-state index contributed by atoms with van der Waals surface area (Å²) in [6.45, 7) is 3.68. The van der Waals surface area contributed by atoms with E-state index in [1.807, 2.05) is 65.6 Å². The lowest BCUT2D eigenvalue weighted by Gasteiger charge is -2.34. The van der Waals surface area contributed by atoms with Crippen LogP contribution in [0.2, 0.25) is 0 Å². The third-order valence-corrected chi connectivity index (χ3v) is 4.77. The van der Waals surface area contributed by atoms with Gasteiger partial charge in [-0.2, -0.15) is 0 Å². The van der Waals surface area contributed by atoms with Gasteiger partial charge in [0.15, 0.2) is 0 Å². The van der Waals surface area contributed by atoms with Crippen LogP contribution < -0.4 is 0 Å². The summed E-state index contributed by atoms with van der Waals surface area (Å²) in [5, 5.41) is 8.29. The molecule has 4 rings (SSSR count). The first-order valence-corrected chi connectivity index (χ1v) is 9.20. The maximum Gasteiger partial charge on any atom is 0.247 e. The van der Waals surface area contributed by atoms with Crippen LogP contribution in [0.25, 0.3) is 11.5 Å². The van der Waals surface area contributed by atoms with Crippen molar-refractivity contribution >= 4 is 5.91 Å². The van der Waals surface area contributed by atoms with Crippen LogP contribution in [-0.2, 0) is 17.8 Å². The highest BCUT2D eigenvalue weighted by atomic mass is 16.4. The summed E-state index contributed by atoms with van der Waals surface area (Å²) in [6.07, 6.45) is 0.463. The first kappa shape index (κ1) is 17.4. The summed E-state index contributed by atoms with van der Waals surface area (Å²) < 4.78 is 5.78. The molecular weight excluding hydrogens is 340 g/mol. The Labute approximate surface area is 158 Å². The van der Waals surface area contributed by atoms with Crippen molar-refractivity contribution < 1.29 is 9.21 Å². The molecule has 0 bridgehead atoms. The van der Waals surface area contributed by atoms with Crippen LogP contribution >= 0.6 is 0 Å². The fourth-order valence-corrected chi connectivity index (χ4v) is 3.24. The van der Waals surface area contributed by atoms with E-state index in [2.05, 4.69) is 15.1 Å². The Morgan fingerprint density at radius 1 is 0.889 bits per heavy atom. The summed E-state index contributed by atoms with van der Waals surface area (Å²) in [5.74, 6) is 1.34. The van der Waals surface area contributed by atoms with Gasteiger partial charge in [-0.1, -0.05) is 48.5 Å². The highest BCUT2D eigenvalue weighted by Gasteiger charge is 2.22. The van der Waals surface area contributed by atoms with Crippen LogP contribution in [0.1, 0.15) is 11.5 Å². The van der Waals surface area contributed by atoms with Gasteiger partial charge in [-0.25, -0.2) is 0 Å². The second-order valence-corrected chi connectivity index (χ2v) is 6.69. The number of benzene rings is 2. The van der Waals surface area contributed by atoms with Crippen molar-refractivity contribution in [3.8, 4) is 11.5 Å². The summed E-state index contributed by atoms with van der Waals surface area (Å²) in [4.78, 5) is 16.6. The number of aromatic nitrogens is 2. The summed E-state index contributed by atoms with van der Waals surface area (Å²) in [5.41, 5.74) is 1.98. The molecular formula is C21H22N4O2. The van der Waals surface area contributed by atoms with Crippen molar-refractivity contribution in [2.45, 2.75) is 13.0 Å². The van der Waals surface area contributed by atoms with Gasteiger partial charge in [0, 0.05) is 31.7 Å². The number of rotatable bonds is 5. The molecule has 0 aliphatic carbocycles. The average Bonchev–Trinajstić information content (AvgIpc) is 3.18. The average molecular weight is 362 g/mol. The fourth-order valence-electron chi connectivity index (χ4n) is 3.24. The fraction of sp³-hybridized carbons (Fsp3) is 0.286. The van der Waals surface area contributed by atoms with Gasteiger partial charge in [0.25, 0.3) is 0 Å². The Morgan fingerprint density at radius 3 is 2.26 bits per heavy atom. The van der Waals surface area contributed by atoms with Crippen LogP contribution in [0.4, 0.5) is 0 Å². The Kier molecular flexibility index (Phi) is 5.25. The first-order valence-electron chi connectivity index (χ1n) is 9.20. The first-order chi connectivity index (χ1) is 13.3. The highest BCUT2D eigenvalue weighted by Crippen LogP contribution is 2.18. The van der Waals surface area contributed by atoms with Crippen molar-refractivity contribution in [3.05, 3.63) is 72.1 Å². The quantitative estimate of drug-likeness (QED) is 0.698. The van der Waals surface area contributed by atoms with E-state index in [1.165, 1.54) is 0 Å². The van der Waals surface area contributed by atoms with Crippen LogP contribution in [-0.4, -0.2) is 52.1 Å². The number of nitrogens with zero attached hydrogens (tertiary/aromatic N) is 4. The number of hydrogen-bond donors (Lipinski definition) is 0. The molecule has 1 aliphatic heterocycles. The van der Waals surface area contributed by atoms with Crippen LogP contribution in [0.15, 0.2) is 65.1 Å². The topological polar surface area (TPSA) is 62.5 Å². The summed E-state index contributed by atoms with van der Waals surface area (Å²) in [7, 11) is 0. The van der Waals surface area contributed by atoms with Gasteiger partial charge in [0.1, 0.15) is 0 Å².